The lowest BCUT2D eigenvalue weighted by Gasteiger charge is -2.13. The molecule has 0 aromatic heterocycles. The minimum atomic E-state index is -4.96. The molecular weight excluding hydrogens is 219 g/mol. The van der Waals surface area contributed by atoms with Crippen molar-refractivity contribution in [2.75, 3.05) is 0 Å². The van der Waals surface area contributed by atoms with Gasteiger partial charge in [-0.25, -0.2) is 4.57 Å². The number of phosphoric acid groups is 1. The summed E-state index contributed by atoms with van der Waals surface area (Å²) >= 11 is 0. The second kappa shape index (κ2) is 4.52. The quantitative estimate of drug-likeness (QED) is 0.673. The van der Waals surface area contributed by atoms with Crippen LogP contribution in [-0.2, 0) is 18.7 Å². The molecule has 0 rings (SSSR count). The van der Waals surface area contributed by atoms with Crippen molar-refractivity contribution in [3.63, 3.8) is 0 Å². The normalized spacial score (nSPS) is 13.6. The maximum absolute atomic E-state index is 11.1. The summed E-state index contributed by atoms with van der Waals surface area (Å²) in [5.74, 6) is 0. The van der Waals surface area contributed by atoms with Crippen molar-refractivity contribution in [2.24, 2.45) is 0 Å². The second-order valence-corrected chi connectivity index (χ2v) is 5.73. The first-order chi connectivity index (χ1) is 5.73. The lowest BCUT2D eigenvalue weighted by molar-refractivity contribution is 0.283. The molecule has 6 nitrogen and oxygen atoms in total. The summed E-state index contributed by atoms with van der Waals surface area (Å²) < 4.78 is 36.2. The minimum absolute atomic E-state index is 0.263. The molecule has 0 saturated carbocycles. The third-order valence-electron chi connectivity index (χ3n) is 1.52. The van der Waals surface area contributed by atoms with E-state index in [2.05, 4.69) is 3.97 Å². The van der Waals surface area contributed by atoms with Crippen molar-refractivity contribution in [2.45, 2.75) is 31.9 Å². The maximum atomic E-state index is 11.1. The van der Waals surface area contributed by atoms with Gasteiger partial charge < -0.3 is 9.79 Å². The zero-order valence-corrected chi connectivity index (χ0v) is 9.09. The number of hydrogen-bond acceptors (Lipinski definition) is 4. The molecule has 0 aliphatic rings. The standard InChI is InChI=1S/C5H13O6PS/c1-3-5(4-2)13(9,10)11-12(6,7)8/h5H,3-4H2,1-2H3,(H2,6,7,8). The second-order valence-electron chi connectivity index (χ2n) is 2.50. The molecule has 0 aliphatic heterocycles. The average molecular weight is 232 g/mol. The van der Waals surface area contributed by atoms with Crippen LogP contribution in [0.5, 0.6) is 0 Å². The Hall–Kier alpha value is 0.0600. The third-order valence-corrected chi connectivity index (χ3v) is 4.61. The van der Waals surface area contributed by atoms with E-state index in [9.17, 15) is 13.0 Å². The largest absolute Gasteiger partial charge is 0.484 e. The topological polar surface area (TPSA) is 101 Å². The Bertz CT molecular complexity index is 286. The predicted octanol–water partition coefficient (Wildman–Crippen LogP) is 0.614. The van der Waals surface area contributed by atoms with Gasteiger partial charge in [-0.15, -0.1) is 0 Å². The molecule has 0 saturated heterocycles. The van der Waals surface area contributed by atoms with Gasteiger partial charge in [0.2, 0.25) is 0 Å². The highest BCUT2D eigenvalue weighted by Gasteiger charge is 2.31. The molecular formula is C5H13O6PS. The lowest BCUT2D eigenvalue weighted by Crippen LogP contribution is -2.21. The summed E-state index contributed by atoms with van der Waals surface area (Å²) in [4.78, 5) is 16.6. The van der Waals surface area contributed by atoms with Crippen LogP contribution in [0.2, 0.25) is 0 Å². The third kappa shape index (κ3) is 4.73. The van der Waals surface area contributed by atoms with Gasteiger partial charge in [-0.05, 0) is 12.8 Å². The average Bonchev–Trinajstić information content (AvgIpc) is 1.83. The van der Waals surface area contributed by atoms with E-state index in [4.69, 9.17) is 9.79 Å². The van der Waals surface area contributed by atoms with Crippen LogP contribution in [0.15, 0.2) is 0 Å². The van der Waals surface area contributed by atoms with Crippen LogP contribution < -0.4 is 0 Å². The Balaban J connectivity index is 4.68. The van der Waals surface area contributed by atoms with Gasteiger partial charge in [0, 0.05) is 0 Å². The molecule has 0 radical (unpaired) electrons. The Morgan fingerprint density at radius 1 is 1.31 bits per heavy atom. The minimum Gasteiger partial charge on any atom is -0.302 e. The lowest BCUT2D eigenvalue weighted by atomic mass is 10.3. The van der Waals surface area contributed by atoms with Gasteiger partial charge in [0.05, 0.1) is 5.25 Å². The van der Waals surface area contributed by atoms with E-state index in [1.807, 2.05) is 0 Å². The molecule has 0 atom stereocenters. The number of hydrogen-bond donors (Lipinski definition) is 2. The van der Waals surface area contributed by atoms with Gasteiger partial charge in [-0.2, -0.15) is 12.4 Å². The van der Waals surface area contributed by atoms with Crippen LogP contribution in [-0.4, -0.2) is 23.5 Å². The van der Waals surface area contributed by atoms with E-state index < -0.39 is 23.2 Å². The molecule has 0 aromatic rings. The molecule has 0 spiro atoms. The Kier molecular flexibility index (Phi) is 4.54. The summed E-state index contributed by atoms with van der Waals surface area (Å²) in [6, 6.07) is 0. The Morgan fingerprint density at radius 2 is 1.69 bits per heavy atom. The smallest absolute Gasteiger partial charge is 0.302 e. The van der Waals surface area contributed by atoms with E-state index in [-0.39, 0.29) is 12.8 Å². The summed E-state index contributed by atoms with van der Waals surface area (Å²) in [6.45, 7) is 3.21. The predicted molar refractivity (Wildman–Crippen MR) is 46.4 cm³/mol. The number of rotatable bonds is 5. The Labute approximate surface area is 77.3 Å². The van der Waals surface area contributed by atoms with Gasteiger partial charge in [-0.1, -0.05) is 13.8 Å². The van der Waals surface area contributed by atoms with Crippen molar-refractivity contribution >= 4 is 17.9 Å². The molecule has 0 unspecified atom stereocenters. The van der Waals surface area contributed by atoms with E-state index in [0.717, 1.165) is 0 Å². The molecule has 0 aromatic carbocycles. The summed E-state index contributed by atoms with van der Waals surface area (Å²) in [5.41, 5.74) is 0. The van der Waals surface area contributed by atoms with Crippen molar-refractivity contribution in [3.05, 3.63) is 0 Å². The van der Waals surface area contributed by atoms with E-state index in [1.165, 1.54) is 0 Å². The first kappa shape index (κ1) is 13.1. The first-order valence-corrected chi connectivity index (χ1v) is 6.73. The van der Waals surface area contributed by atoms with Gasteiger partial charge in [0.1, 0.15) is 0 Å². The van der Waals surface area contributed by atoms with Crippen LogP contribution in [0, 0.1) is 0 Å². The molecule has 0 fully saturated rings. The van der Waals surface area contributed by atoms with Gasteiger partial charge in [0.25, 0.3) is 10.1 Å². The summed E-state index contributed by atoms with van der Waals surface area (Å²) in [6.07, 6.45) is 0.525. The molecule has 8 heteroatoms. The van der Waals surface area contributed by atoms with Crippen LogP contribution in [0.25, 0.3) is 0 Å². The van der Waals surface area contributed by atoms with Crippen LogP contribution in [0.4, 0.5) is 0 Å². The molecule has 2 N–H and O–H groups in total. The summed E-state index contributed by atoms with van der Waals surface area (Å²) in [7, 11) is -9.10. The fraction of sp³-hybridized carbons (Fsp3) is 1.00. The summed E-state index contributed by atoms with van der Waals surface area (Å²) in [5, 5.41) is -0.861. The highest BCUT2D eigenvalue weighted by molar-refractivity contribution is 7.91. The Morgan fingerprint density at radius 3 is 1.92 bits per heavy atom. The fourth-order valence-corrected chi connectivity index (χ4v) is 3.28. The molecule has 13 heavy (non-hydrogen) atoms. The van der Waals surface area contributed by atoms with Gasteiger partial charge in [-0.3, -0.25) is 0 Å². The van der Waals surface area contributed by atoms with Crippen molar-refractivity contribution < 1.29 is 26.7 Å². The monoisotopic (exact) mass is 232 g/mol. The van der Waals surface area contributed by atoms with Crippen LogP contribution in [0.3, 0.4) is 0 Å². The SMILES string of the molecule is CCC(CC)S(=O)(=O)OP(=O)(O)O. The van der Waals surface area contributed by atoms with E-state index in [1.54, 1.807) is 13.8 Å². The maximum Gasteiger partial charge on any atom is 0.484 e. The van der Waals surface area contributed by atoms with E-state index >= 15 is 0 Å². The zero-order valence-electron chi connectivity index (χ0n) is 7.37. The van der Waals surface area contributed by atoms with Crippen molar-refractivity contribution in [1.82, 2.24) is 0 Å². The van der Waals surface area contributed by atoms with Gasteiger partial charge >= 0.3 is 7.82 Å². The highest BCUT2D eigenvalue weighted by atomic mass is 32.2. The van der Waals surface area contributed by atoms with Crippen LogP contribution in [0.1, 0.15) is 26.7 Å². The first-order valence-electron chi connectivity index (χ1n) is 3.73. The van der Waals surface area contributed by atoms with Crippen LogP contribution >= 0.6 is 7.82 Å². The molecule has 0 bridgehead atoms. The fourth-order valence-electron chi connectivity index (χ4n) is 0.893. The highest BCUT2D eigenvalue weighted by Crippen LogP contribution is 2.39. The van der Waals surface area contributed by atoms with Crippen molar-refractivity contribution in [1.29, 1.82) is 0 Å². The molecule has 80 valence electrons. The van der Waals surface area contributed by atoms with E-state index in [0.29, 0.717) is 0 Å². The molecule has 0 amide bonds. The van der Waals surface area contributed by atoms with Crippen molar-refractivity contribution in [3.8, 4) is 0 Å². The van der Waals surface area contributed by atoms with Gasteiger partial charge in [0.15, 0.2) is 0 Å². The molecule has 0 heterocycles. The zero-order chi connectivity index (χ0) is 10.7. The molecule has 0 aliphatic carbocycles.